The van der Waals surface area contributed by atoms with E-state index in [1.807, 2.05) is 31.2 Å². The number of hydrogen-bond donors (Lipinski definition) is 2. The maximum atomic E-state index is 13.3. The number of nitrogens with two attached hydrogens (primary N) is 1. The van der Waals surface area contributed by atoms with Crippen LogP contribution in [0, 0.1) is 12.7 Å². The van der Waals surface area contributed by atoms with E-state index < -0.39 is 0 Å². The molecular weight excluding hydrogens is 335 g/mol. The monoisotopic (exact) mass is 348 g/mol. The molecule has 0 aliphatic heterocycles. The number of furan rings is 1. The van der Waals surface area contributed by atoms with E-state index in [9.17, 15) is 4.39 Å². The highest BCUT2D eigenvalue weighted by molar-refractivity contribution is 9.10. The van der Waals surface area contributed by atoms with Gasteiger partial charge in [-0.2, -0.15) is 0 Å². The molecule has 21 heavy (non-hydrogen) atoms. The Morgan fingerprint density at radius 2 is 2.00 bits per heavy atom. The fourth-order valence-corrected chi connectivity index (χ4v) is 2.80. The second-order valence-corrected chi connectivity index (χ2v) is 5.85. The molecule has 0 saturated heterocycles. The average molecular weight is 349 g/mol. The summed E-state index contributed by atoms with van der Waals surface area (Å²) in [6, 6.07) is 11.9. The minimum atomic E-state index is -0.294. The number of hydrazine groups is 1. The third-order valence-electron chi connectivity index (χ3n) is 3.50. The highest BCUT2D eigenvalue weighted by atomic mass is 79.9. The van der Waals surface area contributed by atoms with Crippen LogP contribution in [-0.2, 0) is 0 Å². The molecule has 0 spiro atoms. The lowest BCUT2D eigenvalue weighted by Crippen LogP contribution is -2.29. The van der Waals surface area contributed by atoms with Gasteiger partial charge >= 0.3 is 0 Å². The summed E-state index contributed by atoms with van der Waals surface area (Å²) in [6.45, 7) is 2.01. The molecule has 3 rings (SSSR count). The molecule has 3 aromatic rings. The predicted octanol–water partition coefficient (Wildman–Crippen LogP) is 4.20. The van der Waals surface area contributed by atoms with Crippen LogP contribution in [0.5, 0.6) is 0 Å². The molecule has 108 valence electrons. The Balaban J connectivity index is 2.11. The summed E-state index contributed by atoms with van der Waals surface area (Å²) in [5.74, 6) is 6.07. The molecule has 2 aromatic carbocycles. The molecule has 1 unspecified atom stereocenters. The van der Waals surface area contributed by atoms with Crippen molar-refractivity contribution >= 4 is 26.9 Å². The van der Waals surface area contributed by atoms with Crippen molar-refractivity contribution in [2.45, 2.75) is 13.0 Å². The zero-order valence-corrected chi connectivity index (χ0v) is 12.9. The van der Waals surface area contributed by atoms with Gasteiger partial charge in [0.15, 0.2) is 0 Å². The summed E-state index contributed by atoms with van der Waals surface area (Å²) in [4.78, 5) is 0. The SMILES string of the molecule is Cc1ccc(Br)cc1C(NN)c1cc2cc(F)ccc2o1. The van der Waals surface area contributed by atoms with Gasteiger partial charge in [-0.15, -0.1) is 0 Å². The third kappa shape index (κ3) is 2.72. The molecule has 0 radical (unpaired) electrons. The quantitative estimate of drug-likeness (QED) is 0.551. The lowest BCUT2D eigenvalue weighted by atomic mass is 10.00. The van der Waals surface area contributed by atoms with Crippen molar-refractivity contribution in [2.75, 3.05) is 0 Å². The molecule has 1 aromatic heterocycles. The van der Waals surface area contributed by atoms with Crippen molar-refractivity contribution in [1.82, 2.24) is 5.43 Å². The van der Waals surface area contributed by atoms with E-state index in [0.29, 0.717) is 11.3 Å². The van der Waals surface area contributed by atoms with Crippen molar-refractivity contribution in [2.24, 2.45) is 5.84 Å². The first-order valence-electron chi connectivity index (χ1n) is 6.49. The Morgan fingerprint density at radius 1 is 1.19 bits per heavy atom. The molecule has 3 nitrogen and oxygen atoms in total. The molecule has 5 heteroatoms. The van der Waals surface area contributed by atoms with E-state index >= 15 is 0 Å². The van der Waals surface area contributed by atoms with Crippen molar-refractivity contribution in [3.8, 4) is 0 Å². The van der Waals surface area contributed by atoms with Gasteiger partial charge in [-0.3, -0.25) is 5.84 Å². The van der Waals surface area contributed by atoms with Gasteiger partial charge < -0.3 is 4.42 Å². The number of nitrogens with one attached hydrogen (secondary N) is 1. The second kappa shape index (κ2) is 5.60. The number of rotatable bonds is 3. The van der Waals surface area contributed by atoms with Crippen LogP contribution in [0.1, 0.15) is 22.9 Å². The van der Waals surface area contributed by atoms with E-state index in [0.717, 1.165) is 21.0 Å². The largest absolute Gasteiger partial charge is 0.459 e. The summed E-state index contributed by atoms with van der Waals surface area (Å²) in [6.07, 6.45) is 0. The minimum Gasteiger partial charge on any atom is -0.459 e. The number of hydrogen-bond acceptors (Lipinski definition) is 3. The number of aryl methyl sites for hydroxylation is 1. The zero-order valence-electron chi connectivity index (χ0n) is 11.4. The van der Waals surface area contributed by atoms with Gasteiger partial charge in [0, 0.05) is 9.86 Å². The predicted molar refractivity (Wildman–Crippen MR) is 84.2 cm³/mol. The highest BCUT2D eigenvalue weighted by Gasteiger charge is 2.19. The molecule has 0 bridgehead atoms. The molecular formula is C16H14BrFN2O. The minimum absolute atomic E-state index is 0.286. The Labute approximate surface area is 130 Å². The molecule has 3 N–H and O–H groups in total. The fourth-order valence-electron chi connectivity index (χ4n) is 2.42. The second-order valence-electron chi connectivity index (χ2n) is 4.93. The Hall–Kier alpha value is -1.69. The van der Waals surface area contributed by atoms with Crippen LogP contribution in [-0.4, -0.2) is 0 Å². The summed E-state index contributed by atoms with van der Waals surface area (Å²) in [7, 11) is 0. The summed E-state index contributed by atoms with van der Waals surface area (Å²) in [5.41, 5.74) is 5.50. The number of benzene rings is 2. The summed E-state index contributed by atoms with van der Waals surface area (Å²) >= 11 is 3.46. The summed E-state index contributed by atoms with van der Waals surface area (Å²) in [5, 5.41) is 0.720. The van der Waals surface area contributed by atoms with Crippen molar-refractivity contribution < 1.29 is 8.81 Å². The van der Waals surface area contributed by atoms with Gasteiger partial charge in [-0.25, -0.2) is 9.82 Å². The first kappa shape index (κ1) is 14.3. The maximum absolute atomic E-state index is 13.3. The van der Waals surface area contributed by atoms with Crippen LogP contribution >= 0.6 is 15.9 Å². The standard InChI is InChI=1S/C16H14BrFN2O/c1-9-2-3-11(17)8-13(9)16(20-19)15-7-10-6-12(18)4-5-14(10)21-15/h2-8,16,20H,19H2,1H3. The fraction of sp³-hybridized carbons (Fsp3) is 0.125. The number of halogens is 2. The van der Waals surface area contributed by atoms with Crippen LogP contribution < -0.4 is 11.3 Å². The van der Waals surface area contributed by atoms with Gasteiger partial charge in [0.25, 0.3) is 0 Å². The average Bonchev–Trinajstić information content (AvgIpc) is 2.86. The van der Waals surface area contributed by atoms with E-state index in [-0.39, 0.29) is 11.9 Å². The van der Waals surface area contributed by atoms with E-state index in [1.54, 1.807) is 6.07 Å². The lowest BCUT2D eigenvalue weighted by molar-refractivity contribution is 0.476. The maximum Gasteiger partial charge on any atom is 0.134 e. The molecule has 0 fully saturated rings. The molecule has 1 atom stereocenters. The Morgan fingerprint density at radius 3 is 2.76 bits per heavy atom. The van der Waals surface area contributed by atoms with E-state index in [1.165, 1.54) is 12.1 Å². The van der Waals surface area contributed by atoms with Crippen LogP contribution in [0.15, 0.2) is 51.4 Å². The van der Waals surface area contributed by atoms with Gasteiger partial charge in [0.2, 0.25) is 0 Å². The van der Waals surface area contributed by atoms with Crippen LogP contribution in [0.2, 0.25) is 0 Å². The van der Waals surface area contributed by atoms with Gasteiger partial charge in [-0.1, -0.05) is 22.0 Å². The van der Waals surface area contributed by atoms with Gasteiger partial charge in [-0.05, 0) is 54.4 Å². The van der Waals surface area contributed by atoms with E-state index in [2.05, 4.69) is 21.4 Å². The Kier molecular flexibility index (Phi) is 3.80. The third-order valence-corrected chi connectivity index (χ3v) is 3.99. The lowest BCUT2D eigenvalue weighted by Gasteiger charge is -2.16. The normalized spacial score (nSPS) is 12.8. The first-order chi connectivity index (χ1) is 10.1. The van der Waals surface area contributed by atoms with Crippen LogP contribution in [0.4, 0.5) is 4.39 Å². The van der Waals surface area contributed by atoms with Gasteiger partial charge in [0.05, 0.1) is 0 Å². The topological polar surface area (TPSA) is 51.2 Å². The molecule has 0 aliphatic carbocycles. The van der Waals surface area contributed by atoms with Crippen LogP contribution in [0.25, 0.3) is 11.0 Å². The Bertz CT molecular complexity index is 800. The molecule has 0 amide bonds. The molecule has 0 aliphatic rings. The zero-order chi connectivity index (χ0) is 15.0. The van der Waals surface area contributed by atoms with Crippen molar-refractivity contribution in [1.29, 1.82) is 0 Å². The first-order valence-corrected chi connectivity index (χ1v) is 7.29. The van der Waals surface area contributed by atoms with Crippen molar-refractivity contribution in [3.63, 3.8) is 0 Å². The number of fused-ring (bicyclic) bond motifs is 1. The summed E-state index contributed by atoms with van der Waals surface area (Å²) < 4.78 is 20.0. The highest BCUT2D eigenvalue weighted by Crippen LogP contribution is 2.31. The van der Waals surface area contributed by atoms with Crippen molar-refractivity contribution in [3.05, 3.63) is 69.6 Å². The smallest absolute Gasteiger partial charge is 0.134 e. The van der Waals surface area contributed by atoms with E-state index in [4.69, 9.17) is 10.3 Å². The van der Waals surface area contributed by atoms with Gasteiger partial charge in [0.1, 0.15) is 23.2 Å². The van der Waals surface area contributed by atoms with Crippen LogP contribution in [0.3, 0.4) is 0 Å². The molecule has 0 saturated carbocycles. The molecule has 1 heterocycles.